The van der Waals surface area contributed by atoms with E-state index in [2.05, 4.69) is 24.3 Å². The molecule has 0 heterocycles. The number of carboxylic acid groups (broad SMARTS) is 1. The van der Waals surface area contributed by atoms with Gasteiger partial charge in [0, 0.05) is 0 Å². The fourth-order valence-corrected chi connectivity index (χ4v) is 3.74. The number of carbonyl (C=O) groups excluding carboxylic acids is 1. The normalized spacial score (nSPS) is 15.2. The molecule has 1 aliphatic carbocycles. The van der Waals surface area contributed by atoms with Gasteiger partial charge in [0.25, 0.3) is 6.47 Å². The predicted octanol–water partition coefficient (Wildman–Crippen LogP) is 5.71. The Bertz CT molecular complexity index is 631. The van der Waals surface area contributed by atoms with Gasteiger partial charge in [0.1, 0.15) is 5.60 Å². The summed E-state index contributed by atoms with van der Waals surface area (Å²) in [6, 6.07) is 8.86. The lowest BCUT2D eigenvalue weighted by Gasteiger charge is -2.18. The summed E-state index contributed by atoms with van der Waals surface area (Å²) in [5.74, 6) is -0.705. The van der Waals surface area contributed by atoms with Gasteiger partial charge in [-0.1, -0.05) is 43.5 Å². The van der Waals surface area contributed by atoms with Gasteiger partial charge in [-0.15, -0.1) is 0 Å². The van der Waals surface area contributed by atoms with Crippen molar-refractivity contribution in [1.29, 1.82) is 0 Å². The fourth-order valence-electron chi connectivity index (χ4n) is 3.74. The Kier molecular flexibility index (Phi) is 8.53. The maximum atomic E-state index is 11.1. The molecule has 0 spiro atoms. The molecule has 1 saturated carbocycles. The number of aliphatic carboxylic acids is 1. The highest BCUT2D eigenvalue weighted by Gasteiger charge is 2.44. The van der Waals surface area contributed by atoms with E-state index in [4.69, 9.17) is 9.84 Å². The summed E-state index contributed by atoms with van der Waals surface area (Å²) in [6.07, 6.45) is 12.6. The molecule has 28 heavy (non-hydrogen) atoms. The van der Waals surface area contributed by atoms with E-state index in [0.717, 1.165) is 64.2 Å². The Labute approximate surface area is 169 Å². The van der Waals surface area contributed by atoms with E-state index >= 15 is 0 Å². The van der Waals surface area contributed by atoms with Crippen molar-refractivity contribution in [3.05, 3.63) is 35.4 Å². The van der Waals surface area contributed by atoms with Crippen molar-refractivity contribution in [3.63, 3.8) is 0 Å². The van der Waals surface area contributed by atoms with E-state index in [1.54, 1.807) is 13.8 Å². The number of hydrogen-bond acceptors (Lipinski definition) is 3. The first-order valence-corrected chi connectivity index (χ1v) is 10.8. The molecule has 4 nitrogen and oxygen atoms in total. The SMILES string of the molecule is CC(C)(CCCCCc1cccc(CCCCCC2(OC=O)CC2)c1)C(=O)O. The number of rotatable bonds is 15. The lowest BCUT2D eigenvalue weighted by molar-refractivity contribution is -0.147. The summed E-state index contributed by atoms with van der Waals surface area (Å²) >= 11 is 0. The first kappa shape index (κ1) is 22.4. The van der Waals surface area contributed by atoms with Crippen LogP contribution in [0.15, 0.2) is 24.3 Å². The third-order valence-corrected chi connectivity index (χ3v) is 6.04. The quantitative estimate of drug-likeness (QED) is 0.309. The van der Waals surface area contributed by atoms with Crippen molar-refractivity contribution in [2.75, 3.05) is 0 Å². The van der Waals surface area contributed by atoms with Gasteiger partial charge in [-0.25, -0.2) is 0 Å². The highest BCUT2D eigenvalue weighted by atomic mass is 16.5. The molecule has 1 aromatic rings. The molecule has 0 amide bonds. The maximum absolute atomic E-state index is 11.1. The molecule has 0 radical (unpaired) electrons. The van der Waals surface area contributed by atoms with Gasteiger partial charge in [-0.3, -0.25) is 9.59 Å². The average molecular weight is 389 g/mol. The molecule has 0 aliphatic heterocycles. The third kappa shape index (κ3) is 7.65. The molecular weight excluding hydrogens is 352 g/mol. The van der Waals surface area contributed by atoms with Crippen molar-refractivity contribution >= 4 is 12.4 Å². The van der Waals surface area contributed by atoms with Gasteiger partial charge < -0.3 is 9.84 Å². The van der Waals surface area contributed by atoms with E-state index in [9.17, 15) is 9.59 Å². The molecule has 1 fully saturated rings. The molecule has 4 heteroatoms. The van der Waals surface area contributed by atoms with Crippen molar-refractivity contribution in [3.8, 4) is 0 Å². The van der Waals surface area contributed by atoms with Crippen LogP contribution in [-0.2, 0) is 27.2 Å². The second kappa shape index (κ2) is 10.6. The van der Waals surface area contributed by atoms with Crippen LogP contribution in [0.3, 0.4) is 0 Å². The van der Waals surface area contributed by atoms with Gasteiger partial charge in [0.05, 0.1) is 5.41 Å². The first-order chi connectivity index (χ1) is 13.4. The van der Waals surface area contributed by atoms with Crippen molar-refractivity contribution in [2.24, 2.45) is 5.41 Å². The van der Waals surface area contributed by atoms with Crippen molar-refractivity contribution in [2.45, 2.75) is 96.5 Å². The van der Waals surface area contributed by atoms with Crippen LogP contribution in [0.5, 0.6) is 0 Å². The van der Waals surface area contributed by atoms with E-state index in [-0.39, 0.29) is 5.60 Å². The van der Waals surface area contributed by atoms with Crippen LogP contribution in [0.4, 0.5) is 0 Å². The Balaban J connectivity index is 1.60. The van der Waals surface area contributed by atoms with Crippen LogP contribution in [0.1, 0.15) is 89.2 Å². The second-order valence-corrected chi connectivity index (χ2v) is 9.03. The van der Waals surface area contributed by atoms with Gasteiger partial charge in [0.15, 0.2) is 0 Å². The molecule has 0 saturated heterocycles. The lowest BCUT2D eigenvalue weighted by atomic mass is 9.87. The lowest BCUT2D eigenvalue weighted by Crippen LogP contribution is -2.23. The zero-order chi connectivity index (χ0) is 20.5. The third-order valence-electron chi connectivity index (χ3n) is 6.04. The van der Waals surface area contributed by atoms with Gasteiger partial charge >= 0.3 is 5.97 Å². The van der Waals surface area contributed by atoms with Crippen LogP contribution in [0.2, 0.25) is 0 Å². The summed E-state index contributed by atoms with van der Waals surface area (Å²) in [4.78, 5) is 21.6. The molecule has 1 aliphatic rings. The molecule has 0 aromatic heterocycles. The van der Waals surface area contributed by atoms with Crippen molar-refractivity contribution in [1.82, 2.24) is 0 Å². The number of ether oxygens (including phenoxy) is 1. The van der Waals surface area contributed by atoms with E-state index in [1.807, 2.05) is 0 Å². The summed E-state index contributed by atoms with van der Waals surface area (Å²) in [5.41, 5.74) is 2.06. The Morgan fingerprint density at radius 1 is 1.07 bits per heavy atom. The number of benzene rings is 1. The molecule has 0 bridgehead atoms. The zero-order valence-electron chi connectivity index (χ0n) is 17.5. The van der Waals surface area contributed by atoms with Crippen LogP contribution < -0.4 is 0 Å². The molecule has 0 unspecified atom stereocenters. The minimum Gasteiger partial charge on any atom is -0.481 e. The average Bonchev–Trinajstić information content (AvgIpc) is 3.41. The summed E-state index contributed by atoms with van der Waals surface area (Å²) in [5, 5.41) is 9.16. The summed E-state index contributed by atoms with van der Waals surface area (Å²) in [7, 11) is 0. The molecule has 2 rings (SSSR count). The minimum absolute atomic E-state index is 0.110. The number of unbranched alkanes of at least 4 members (excludes halogenated alkanes) is 4. The highest BCUT2D eigenvalue weighted by molar-refractivity contribution is 5.73. The van der Waals surface area contributed by atoms with Gasteiger partial charge in [-0.2, -0.15) is 0 Å². The highest BCUT2D eigenvalue weighted by Crippen LogP contribution is 2.43. The van der Waals surface area contributed by atoms with Gasteiger partial charge in [0.2, 0.25) is 0 Å². The standard InChI is InChI=1S/C24H36O4/c1-23(2,22(26)27)14-7-3-5-10-20-12-9-13-21(18-20)11-6-4-8-15-24(16-17-24)28-19-25/h9,12-13,18-19H,3-8,10-11,14-17H2,1-2H3,(H,26,27). The van der Waals surface area contributed by atoms with Crippen LogP contribution in [0, 0.1) is 5.41 Å². The Hall–Kier alpha value is -1.84. The first-order valence-electron chi connectivity index (χ1n) is 10.8. The zero-order valence-corrected chi connectivity index (χ0v) is 17.5. The summed E-state index contributed by atoms with van der Waals surface area (Å²) < 4.78 is 5.20. The number of carboxylic acids is 1. The minimum atomic E-state index is -0.705. The predicted molar refractivity (Wildman–Crippen MR) is 111 cm³/mol. The van der Waals surface area contributed by atoms with Crippen LogP contribution >= 0.6 is 0 Å². The number of carbonyl (C=O) groups is 2. The number of hydrogen-bond donors (Lipinski definition) is 1. The van der Waals surface area contributed by atoms with E-state index < -0.39 is 11.4 Å². The molecule has 0 atom stereocenters. The van der Waals surface area contributed by atoms with E-state index in [0.29, 0.717) is 6.47 Å². The monoisotopic (exact) mass is 388 g/mol. The largest absolute Gasteiger partial charge is 0.481 e. The fraction of sp³-hybridized carbons (Fsp3) is 0.667. The van der Waals surface area contributed by atoms with Crippen molar-refractivity contribution < 1.29 is 19.4 Å². The summed E-state index contributed by atoms with van der Waals surface area (Å²) in [6.45, 7) is 4.21. The molecule has 156 valence electrons. The number of aryl methyl sites for hydroxylation is 2. The Morgan fingerprint density at radius 3 is 2.21 bits per heavy atom. The van der Waals surface area contributed by atoms with Crippen LogP contribution in [0.25, 0.3) is 0 Å². The topological polar surface area (TPSA) is 63.6 Å². The van der Waals surface area contributed by atoms with E-state index in [1.165, 1.54) is 24.0 Å². The van der Waals surface area contributed by atoms with Crippen LogP contribution in [-0.4, -0.2) is 23.1 Å². The maximum Gasteiger partial charge on any atom is 0.309 e. The molecular formula is C24H36O4. The van der Waals surface area contributed by atoms with Gasteiger partial charge in [-0.05, 0) is 82.8 Å². The smallest absolute Gasteiger partial charge is 0.309 e. The Morgan fingerprint density at radius 2 is 1.68 bits per heavy atom. The molecule has 1 aromatic carbocycles. The molecule has 1 N–H and O–H groups in total. The second-order valence-electron chi connectivity index (χ2n) is 9.03.